The predicted octanol–water partition coefficient (Wildman–Crippen LogP) is 1.04. The molecule has 1 aliphatic heterocycles. The van der Waals surface area contributed by atoms with Gasteiger partial charge in [-0.15, -0.1) is 0 Å². The van der Waals surface area contributed by atoms with Gasteiger partial charge in [-0.25, -0.2) is 0 Å². The third-order valence-corrected chi connectivity index (χ3v) is 3.51. The summed E-state index contributed by atoms with van der Waals surface area (Å²) in [6.07, 6.45) is 0.339. The molecular formula is C13H15ClN2O3. The Balaban J connectivity index is 2.25. The SMILES string of the molecule is CNC(=O)c1ccc(N2CC(CO)CC2=O)cc1Cl. The molecule has 0 aromatic heterocycles. The molecule has 1 aromatic rings. The second kappa shape index (κ2) is 5.59. The van der Waals surface area contributed by atoms with Crippen molar-refractivity contribution in [2.24, 2.45) is 5.92 Å². The van der Waals surface area contributed by atoms with E-state index >= 15 is 0 Å². The summed E-state index contributed by atoms with van der Waals surface area (Å²) in [6.45, 7) is 0.470. The van der Waals surface area contributed by atoms with E-state index in [1.165, 1.54) is 7.05 Å². The first-order valence-corrected chi connectivity index (χ1v) is 6.37. The normalized spacial score (nSPS) is 18.8. The third kappa shape index (κ3) is 2.72. The number of aliphatic hydroxyl groups is 1. The van der Waals surface area contributed by atoms with E-state index in [9.17, 15) is 9.59 Å². The minimum atomic E-state index is -0.266. The molecule has 0 bridgehead atoms. The molecule has 1 unspecified atom stereocenters. The summed E-state index contributed by atoms with van der Waals surface area (Å²) in [5.41, 5.74) is 1.02. The molecule has 1 fully saturated rings. The van der Waals surface area contributed by atoms with Crippen molar-refractivity contribution in [3.05, 3.63) is 28.8 Å². The van der Waals surface area contributed by atoms with Crippen molar-refractivity contribution >= 4 is 29.1 Å². The van der Waals surface area contributed by atoms with Crippen LogP contribution >= 0.6 is 11.6 Å². The molecule has 0 radical (unpaired) electrons. The Kier molecular flexibility index (Phi) is 4.07. The standard InChI is InChI=1S/C13H15ClN2O3/c1-15-13(19)10-3-2-9(5-11(10)14)16-6-8(7-17)4-12(16)18/h2-3,5,8,17H,4,6-7H2,1H3,(H,15,19). The van der Waals surface area contributed by atoms with Crippen LogP contribution in [0.25, 0.3) is 0 Å². The summed E-state index contributed by atoms with van der Waals surface area (Å²) in [5.74, 6) is -0.342. The number of amides is 2. The molecular weight excluding hydrogens is 268 g/mol. The quantitative estimate of drug-likeness (QED) is 0.870. The number of benzene rings is 1. The molecule has 0 spiro atoms. The Hall–Kier alpha value is -1.59. The molecule has 2 amide bonds. The summed E-state index contributed by atoms with van der Waals surface area (Å²) in [4.78, 5) is 24.9. The molecule has 102 valence electrons. The first-order chi connectivity index (χ1) is 9.06. The molecule has 0 saturated carbocycles. The van der Waals surface area contributed by atoms with Crippen molar-refractivity contribution in [2.75, 3.05) is 25.1 Å². The smallest absolute Gasteiger partial charge is 0.252 e. The second-order valence-electron chi connectivity index (χ2n) is 4.50. The van der Waals surface area contributed by atoms with Crippen LogP contribution in [0.15, 0.2) is 18.2 Å². The fourth-order valence-electron chi connectivity index (χ4n) is 2.14. The zero-order valence-electron chi connectivity index (χ0n) is 10.5. The van der Waals surface area contributed by atoms with Gasteiger partial charge in [0.1, 0.15) is 0 Å². The number of nitrogens with one attached hydrogen (secondary N) is 1. The number of carbonyl (C=O) groups is 2. The molecule has 6 heteroatoms. The van der Waals surface area contributed by atoms with Gasteiger partial charge >= 0.3 is 0 Å². The molecule has 2 N–H and O–H groups in total. The third-order valence-electron chi connectivity index (χ3n) is 3.20. The van der Waals surface area contributed by atoms with Gasteiger partial charge in [0.05, 0.1) is 10.6 Å². The van der Waals surface area contributed by atoms with E-state index in [1.807, 2.05) is 0 Å². The highest BCUT2D eigenvalue weighted by Gasteiger charge is 2.30. The lowest BCUT2D eigenvalue weighted by atomic mass is 10.1. The van der Waals surface area contributed by atoms with Crippen molar-refractivity contribution < 1.29 is 14.7 Å². The van der Waals surface area contributed by atoms with Gasteiger partial charge in [-0.05, 0) is 18.2 Å². The zero-order valence-corrected chi connectivity index (χ0v) is 11.3. The summed E-state index contributed by atoms with van der Waals surface area (Å²) in [7, 11) is 1.53. The van der Waals surface area contributed by atoms with Crippen LogP contribution in [0.4, 0.5) is 5.69 Å². The monoisotopic (exact) mass is 282 g/mol. The van der Waals surface area contributed by atoms with E-state index in [-0.39, 0.29) is 24.3 Å². The first kappa shape index (κ1) is 13.8. The molecule has 19 heavy (non-hydrogen) atoms. The predicted molar refractivity (Wildman–Crippen MR) is 72.4 cm³/mol. The number of carbonyl (C=O) groups excluding carboxylic acids is 2. The molecule has 1 heterocycles. The van der Waals surface area contributed by atoms with Crippen LogP contribution in [0.1, 0.15) is 16.8 Å². The lowest BCUT2D eigenvalue weighted by Gasteiger charge is -2.17. The lowest BCUT2D eigenvalue weighted by Crippen LogP contribution is -2.25. The van der Waals surface area contributed by atoms with Crippen molar-refractivity contribution in [2.45, 2.75) is 6.42 Å². The largest absolute Gasteiger partial charge is 0.396 e. The van der Waals surface area contributed by atoms with E-state index < -0.39 is 0 Å². The van der Waals surface area contributed by atoms with Crippen LogP contribution in [0.5, 0.6) is 0 Å². The van der Waals surface area contributed by atoms with Gasteiger partial charge in [0.25, 0.3) is 5.91 Å². The van der Waals surface area contributed by atoms with Crippen molar-refractivity contribution in [3.8, 4) is 0 Å². The van der Waals surface area contributed by atoms with Gasteiger partial charge in [0, 0.05) is 38.2 Å². The average molecular weight is 283 g/mol. The van der Waals surface area contributed by atoms with Gasteiger partial charge in [-0.3, -0.25) is 9.59 Å². The van der Waals surface area contributed by atoms with Crippen LogP contribution in [0.2, 0.25) is 5.02 Å². The highest BCUT2D eigenvalue weighted by Crippen LogP contribution is 2.28. The van der Waals surface area contributed by atoms with Crippen LogP contribution in [0.3, 0.4) is 0 Å². The van der Waals surface area contributed by atoms with E-state index in [1.54, 1.807) is 23.1 Å². The molecule has 0 aliphatic carbocycles. The van der Waals surface area contributed by atoms with Crippen molar-refractivity contribution in [3.63, 3.8) is 0 Å². The van der Waals surface area contributed by atoms with Gasteiger partial charge in [0.2, 0.25) is 5.91 Å². The van der Waals surface area contributed by atoms with Gasteiger partial charge in [-0.1, -0.05) is 11.6 Å². The van der Waals surface area contributed by atoms with E-state index in [0.717, 1.165) is 0 Å². The fraction of sp³-hybridized carbons (Fsp3) is 0.385. The highest BCUT2D eigenvalue weighted by molar-refractivity contribution is 6.34. The van der Waals surface area contributed by atoms with E-state index in [2.05, 4.69) is 5.32 Å². The summed E-state index contributed by atoms with van der Waals surface area (Å²) < 4.78 is 0. The molecule has 1 aliphatic rings. The molecule has 5 nitrogen and oxygen atoms in total. The van der Waals surface area contributed by atoms with Gasteiger partial charge in [-0.2, -0.15) is 0 Å². The lowest BCUT2D eigenvalue weighted by molar-refractivity contribution is -0.117. The zero-order chi connectivity index (χ0) is 14.0. The van der Waals surface area contributed by atoms with Gasteiger partial charge < -0.3 is 15.3 Å². The average Bonchev–Trinajstić information content (AvgIpc) is 2.79. The minimum Gasteiger partial charge on any atom is -0.396 e. The highest BCUT2D eigenvalue weighted by atomic mass is 35.5. The van der Waals surface area contributed by atoms with Crippen molar-refractivity contribution in [1.82, 2.24) is 5.32 Å². The van der Waals surface area contributed by atoms with E-state index in [0.29, 0.717) is 29.2 Å². The maximum absolute atomic E-state index is 11.8. The van der Waals surface area contributed by atoms with E-state index in [4.69, 9.17) is 16.7 Å². The maximum Gasteiger partial charge on any atom is 0.252 e. The number of aliphatic hydroxyl groups excluding tert-OH is 1. The molecule has 1 atom stereocenters. The minimum absolute atomic E-state index is 0.00764. The van der Waals surface area contributed by atoms with Crippen LogP contribution in [-0.4, -0.2) is 37.1 Å². The van der Waals surface area contributed by atoms with Crippen molar-refractivity contribution in [1.29, 1.82) is 0 Å². The Bertz CT molecular complexity index is 519. The number of nitrogens with zero attached hydrogens (tertiary/aromatic N) is 1. The second-order valence-corrected chi connectivity index (χ2v) is 4.91. The number of rotatable bonds is 3. The van der Waals surface area contributed by atoms with Gasteiger partial charge in [0.15, 0.2) is 0 Å². The maximum atomic E-state index is 11.8. The summed E-state index contributed by atoms with van der Waals surface area (Å²) in [6, 6.07) is 4.88. The summed E-state index contributed by atoms with van der Waals surface area (Å²) >= 11 is 6.05. The molecule has 1 saturated heterocycles. The summed E-state index contributed by atoms with van der Waals surface area (Å²) in [5, 5.41) is 11.9. The number of hydrogen-bond acceptors (Lipinski definition) is 3. The van der Waals surface area contributed by atoms with Crippen LogP contribution in [0, 0.1) is 5.92 Å². The Labute approximate surface area is 116 Å². The molecule has 1 aromatic carbocycles. The Morgan fingerprint density at radius 2 is 2.32 bits per heavy atom. The fourth-order valence-corrected chi connectivity index (χ4v) is 2.40. The Morgan fingerprint density at radius 3 is 2.84 bits per heavy atom. The molecule has 2 rings (SSSR count). The van der Waals surface area contributed by atoms with Crippen LogP contribution in [-0.2, 0) is 4.79 Å². The number of halogens is 1. The topological polar surface area (TPSA) is 69.6 Å². The first-order valence-electron chi connectivity index (χ1n) is 5.99. The number of anilines is 1. The number of hydrogen-bond donors (Lipinski definition) is 2. The Morgan fingerprint density at radius 1 is 1.58 bits per heavy atom. The van der Waals surface area contributed by atoms with Crippen LogP contribution < -0.4 is 10.2 Å².